The number of allylic oxidation sites excluding steroid dienone is 1. The number of fused-ring (bicyclic) bond motifs is 2. The fourth-order valence-electron chi connectivity index (χ4n) is 5.57. The summed E-state index contributed by atoms with van der Waals surface area (Å²) in [4.78, 5) is 35.2. The molecule has 5 rings (SSSR count). The third-order valence-corrected chi connectivity index (χ3v) is 9.22. The molecule has 8 nitrogen and oxygen atoms in total. The molecule has 1 aromatic rings. The zero-order valence-electron chi connectivity index (χ0n) is 24.7. The summed E-state index contributed by atoms with van der Waals surface area (Å²) >= 11 is 15.6. The minimum absolute atomic E-state index is 0.142. The lowest BCUT2D eigenvalue weighted by atomic mass is 10.0. The summed E-state index contributed by atoms with van der Waals surface area (Å²) in [5, 5.41) is 0.917. The fourth-order valence-corrected chi connectivity index (χ4v) is 7.76. The first kappa shape index (κ1) is 30.2. The van der Waals surface area contributed by atoms with E-state index in [-0.39, 0.29) is 11.3 Å². The van der Waals surface area contributed by atoms with Gasteiger partial charge in [0, 0.05) is 60.6 Å². The second-order valence-electron chi connectivity index (χ2n) is 12.9. The Labute approximate surface area is 257 Å². The van der Waals surface area contributed by atoms with E-state index in [9.17, 15) is 9.59 Å². The summed E-state index contributed by atoms with van der Waals surface area (Å²) in [6.45, 7) is 15.6. The highest BCUT2D eigenvalue weighted by Crippen LogP contribution is 2.51. The minimum atomic E-state index is -0.682. The number of thioether (sulfide) groups is 1. The highest BCUT2D eigenvalue weighted by Gasteiger charge is 2.45. The lowest BCUT2D eigenvalue weighted by Crippen LogP contribution is -2.53. The van der Waals surface area contributed by atoms with E-state index in [1.807, 2.05) is 53.7 Å². The average molecular weight is 624 g/mol. The average Bonchev–Trinajstić information content (AvgIpc) is 3.40. The summed E-state index contributed by atoms with van der Waals surface area (Å²) in [5.41, 5.74) is 1.49. The van der Waals surface area contributed by atoms with E-state index in [4.69, 9.17) is 32.7 Å². The van der Waals surface area contributed by atoms with Gasteiger partial charge in [0.15, 0.2) is 0 Å². The molecule has 2 saturated heterocycles. The highest BCUT2D eigenvalue weighted by atomic mass is 35.5. The van der Waals surface area contributed by atoms with Crippen molar-refractivity contribution >= 4 is 58.5 Å². The summed E-state index contributed by atoms with van der Waals surface area (Å²) in [6.07, 6.45) is 5.66. The number of nitrogens with zero attached hydrogens (tertiary/aromatic N) is 4. The Morgan fingerprint density at radius 2 is 1.46 bits per heavy atom. The van der Waals surface area contributed by atoms with E-state index < -0.39 is 23.3 Å². The lowest BCUT2D eigenvalue weighted by Gasteiger charge is -2.45. The van der Waals surface area contributed by atoms with Crippen molar-refractivity contribution in [2.24, 2.45) is 0 Å². The van der Waals surface area contributed by atoms with Crippen molar-refractivity contribution in [1.29, 1.82) is 0 Å². The standard InChI is InChI=1S/C30H40Cl2N4O4S/c1-29(2,3)39-27(37)35-13-11-34(12-14-35)20-16-22(32)26-24(18-20)41-23-17-19(33-9-7-8-10-33)15-21(31)25(23)36(26)28(38)40-30(4,5)6/h15-18,24,26H,7-14H2,1-6H3. The molecule has 0 N–H and O–H groups in total. The van der Waals surface area contributed by atoms with E-state index in [1.54, 1.807) is 21.6 Å². The number of ether oxygens (including phenoxy) is 2. The highest BCUT2D eigenvalue weighted by molar-refractivity contribution is 8.00. The summed E-state index contributed by atoms with van der Waals surface area (Å²) in [5.74, 6) is 0. The van der Waals surface area contributed by atoms with Crippen LogP contribution in [0.2, 0.25) is 5.02 Å². The number of benzene rings is 1. The molecule has 2 amide bonds. The van der Waals surface area contributed by atoms with Crippen molar-refractivity contribution in [3.63, 3.8) is 0 Å². The topological polar surface area (TPSA) is 65.6 Å². The predicted octanol–water partition coefficient (Wildman–Crippen LogP) is 7.10. The molecule has 3 aliphatic heterocycles. The van der Waals surface area contributed by atoms with E-state index in [0.717, 1.165) is 42.2 Å². The number of hydrogen-bond donors (Lipinski definition) is 0. The van der Waals surface area contributed by atoms with Gasteiger partial charge in [-0.2, -0.15) is 0 Å². The molecule has 41 heavy (non-hydrogen) atoms. The van der Waals surface area contributed by atoms with Crippen molar-refractivity contribution in [1.82, 2.24) is 9.80 Å². The first-order valence-corrected chi connectivity index (χ1v) is 15.9. The zero-order valence-corrected chi connectivity index (χ0v) is 27.0. The quantitative estimate of drug-likeness (QED) is 0.348. The molecular weight excluding hydrogens is 583 g/mol. The van der Waals surface area contributed by atoms with Crippen molar-refractivity contribution in [3.8, 4) is 0 Å². The van der Waals surface area contributed by atoms with Gasteiger partial charge in [0.25, 0.3) is 0 Å². The minimum Gasteiger partial charge on any atom is -0.444 e. The second-order valence-corrected chi connectivity index (χ2v) is 15.0. The van der Waals surface area contributed by atoms with E-state index in [1.165, 1.54) is 0 Å². The number of hydrogen-bond acceptors (Lipinski definition) is 7. The van der Waals surface area contributed by atoms with E-state index in [0.29, 0.717) is 41.9 Å². The Balaban J connectivity index is 1.43. The van der Waals surface area contributed by atoms with Gasteiger partial charge in [-0.3, -0.25) is 4.90 Å². The van der Waals surface area contributed by atoms with Gasteiger partial charge in [0.05, 0.1) is 22.0 Å². The maximum atomic E-state index is 13.7. The number of halogens is 2. The predicted molar refractivity (Wildman–Crippen MR) is 166 cm³/mol. The number of piperazine rings is 1. The van der Waals surface area contributed by atoms with Crippen LogP contribution in [0.1, 0.15) is 54.4 Å². The zero-order chi connectivity index (χ0) is 29.7. The maximum Gasteiger partial charge on any atom is 0.415 e. The van der Waals surface area contributed by atoms with Crippen LogP contribution >= 0.6 is 35.0 Å². The van der Waals surface area contributed by atoms with Gasteiger partial charge in [-0.25, -0.2) is 9.59 Å². The number of anilines is 2. The Hall–Kier alpha value is -2.23. The Morgan fingerprint density at radius 3 is 2.07 bits per heavy atom. The third-order valence-electron chi connectivity index (χ3n) is 7.37. The van der Waals surface area contributed by atoms with Crippen molar-refractivity contribution < 1.29 is 19.1 Å². The molecule has 0 bridgehead atoms. The molecule has 3 heterocycles. The summed E-state index contributed by atoms with van der Waals surface area (Å²) in [7, 11) is 0. The SMILES string of the molecule is CC(C)(C)OC(=O)N1CCN(C2=CC3Sc4cc(N5CCCC5)cc(Cl)c4N(C(=O)OC(C)(C)C)C3C(Cl)=C2)CC1. The maximum absolute atomic E-state index is 13.7. The van der Waals surface area contributed by atoms with Crippen LogP contribution < -0.4 is 9.80 Å². The summed E-state index contributed by atoms with van der Waals surface area (Å²) < 4.78 is 11.4. The van der Waals surface area contributed by atoms with Crippen LogP contribution in [0.15, 0.2) is 39.9 Å². The van der Waals surface area contributed by atoms with Gasteiger partial charge in [-0.1, -0.05) is 23.2 Å². The van der Waals surface area contributed by atoms with Crippen LogP contribution in [0.4, 0.5) is 21.0 Å². The molecule has 1 aliphatic carbocycles. The Morgan fingerprint density at radius 1 is 0.854 bits per heavy atom. The molecule has 1 aromatic carbocycles. The molecule has 0 aromatic heterocycles. The fraction of sp³-hybridized carbons (Fsp3) is 0.600. The van der Waals surface area contributed by atoms with Gasteiger partial charge < -0.3 is 24.2 Å². The van der Waals surface area contributed by atoms with Crippen LogP contribution in [-0.2, 0) is 9.47 Å². The van der Waals surface area contributed by atoms with Gasteiger partial charge in [0.2, 0.25) is 0 Å². The van der Waals surface area contributed by atoms with E-state index >= 15 is 0 Å². The van der Waals surface area contributed by atoms with Gasteiger partial charge in [0.1, 0.15) is 11.2 Å². The van der Waals surface area contributed by atoms with Gasteiger partial charge in [-0.15, -0.1) is 11.8 Å². The molecular formula is C30H40Cl2N4O4S. The van der Waals surface area contributed by atoms with Crippen LogP contribution in [0, 0.1) is 0 Å². The summed E-state index contributed by atoms with van der Waals surface area (Å²) in [6, 6.07) is 3.64. The molecule has 0 spiro atoms. The molecule has 4 aliphatic rings. The molecule has 2 unspecified atom stereocenters. The van der Waals surface area contributed by atoms with Crippen LogP contribution in [0.3, 0.4) is 0 Å². The molecule has 2 atom stereocenters. The van der Waals surface area contributed by atoms with Crippen molar-refractivity contribution in [3.05, 3.63) is 40.0 Å². The molecule has 11 heteroatoms. The van der Waals surface area contributed by atoms with Crippen LogP contribution in [0.25, 0.3) is 0 Å². The number of rotatable bonds is 2. The van der Waals surface area contributed by atoms with Gasteiger partial charge in [-0.05, 0) is 78.7 Å². The van der Waals surface area contributed by atoms with E-state index in [2.05, 4.69) is 21.9 Å². The normalized spacial score (nSPS) is 23.0. The Bertz CT molecular complexity index is 1260. The monoisotopic (exact) mass is 622 g/mol. The number of carbonyl (C=O) groups excluding carboxylic acids is 2. The second kappa shape index (κ2) is 11.5. The molecule has 0 saturated carbocycles. The number of carbonyl (C=O) groups is 2. The lowest BCUT2D eigenvalue weighted by molar-refractivity contribution is 0.0170. The first-order valence-electron chi connectivity index (χ1n) is 14.3. The van der Waals surface area contributed by atoms with Crippen LogP contribution in [0.5, 0.6) is 0 Å². The molecule has 224 valence electrons. The van der Waals surface area contributed by atoms with Crippen LogP contribution in [-0.4, -0.2) is 83.7 Å². The Kier molecular flexibility index (Phi) is 8.45. The first-order chi connectivity index (χ1) is 19.2. The van der Waals surface area contributed by atoms with Crippen molar-refractivity contribution in [2.75, 3.05) is 49.1 Å². The van der Waals surface area contributed by atoms with Crippen molar-refractivity contribution in [2.45, 2.75) is 81.8 Å². The third kappa shape index (κ3) is 6.73. The smallest absolute Gasteiger partial charge is 0.415 e. The van der Waals surface area contributed by atoms with Gasteiger partial charge >= 0.3 is 12.2 Å². The number of amides is 2. The largest absolute Gasteiger partial charge is 0.444 e. The molecule has 2 fully saturated rings. The molecule has 0 radical (unpaired) electrons.